The van der Waals surface area contributed by atoms with Crippen molar-refractivity contribution < 1.29 is 5.79 Å². The number of para-hydroxylation sites is 2. The summed E-state index contributed by atoms with van der Waals surface area (Å²) in [6, 6.07) is 22.7. The lowest BCUT2D eigenvalue weighted by molar-refractivity contribution is 0.667. The molecule has 4 aromatic rings. The monoisotopic (exact) mass is 406 g/mol. The number of nitrogens with one attached hydrogen (secondary N) is 1. The van der Waals surface area contributed by atoms with Gasteiger partial charge in [0.25, 0.3) is 0 Å². The van der Waals surface area contributed by atoms with Gasteiger partial charge in [-0.1, -0.05) is 79.6 Å². The Morgan fingerprint density at radius 1 is 0.968 bits per heavy atom. The van der Waals surface area contributed by atoms with Gasteiger partial charge in [0.15, 0.2) is 0 Å². The highest BCUT2D eigenvalue weighted by atomic mass is 16.3. The molecule has 0 radical (unpaired) electrons. The molecule has 0 aliphatic heterocycles. The van der Waals surface area contributed by atoms with E-state index in [1.807, 2.05) is 24.3 Å². The molecule has 1 fully saturated rings. The summed E-state index contributed by atoms with van der Waals surface area (Å²) in [5, 5.41) is 9.91. The molecule has 3 aromatic carbocycles. The van der Waals surface area contributed by atoms with Gasteiger partial charge in [0.05, 0.1) is 0 Å². The average molecular weight is 407 g/mol. The molecule has 2 nitrogen and oxygen atoms in total. The van der Waals surface area contributed by atoms with Crippen LogP contribution >= 0.6 is 0 Å². The van der Waals surface area contributed by atoms with Crippen molar-refractivity contribution in [3.05, 3.63) is 95.6 Å². The Hall–Kier alpha value is -3.39. The third kappa shape index (κ3) is 3.74. The van der Waals surface area contributed by atoms with Crippen LogP contribution < -0.4 is 0 Å². The fraction of sp³-hybridized carbons (Fsp3) is 0.207. The molecule has 0 unspecified atom stereocenters. The fourth-order valence-corrected chi connectivity index (χ4v) is 4.67. The molecule has 154 valence electrons. The van der Waals surface area contributed by atoms with Gasteiger partial charge in [-0.05, 0) is 60.1 Å². The van der Waals surface area contributed by atoms with Gasteiger partial charge >= 0.3 is 0 Å². The Labute approximate surface area is 184 Å². The SMILES string of the molecule is [2H]C1(c2ccc(C(=C/C=N)/C=C(\C)c3cccc4c3oc3ccccc34)cc2)CCCC1. The molecule has 0 amide bonds. The molecule has 0 atom stereocenters. The van der Waals surface area contributed by atoms with E-state index in [9.17, 15) is 0 Å². The molecule has 0 bridgehead atoms. The molecule has 5 rings (SSSR count). The van der Waals surface area contributed by atoms with Crippen molar-refractivity contribution in [2.24, 2.45) is 0 Å². The number of furan rings is 1. The maximum absolute atomic E-state index is 8.76. The van der Waals surface area contributed by atoms with Gasteiger partial charge in [-0.3, -0.25) is 0 Å². The molecule has 0 saturated heterocycles. The molecule has 1 aliphatic rings. The van der Waals surface area contributed by atoms with Crippen LogP contribution in [0.4, 0.5) is 0 Å². The Kier molecular flexibility index (Phi) is 4.98. The minimum atomic E-state index is -0.438. The molecule has 31 heavy (non-hydrogen) atoms. The maximum Gasteiger partial charge on any atom is 0.142 e. The summed E-state index contributed by atoms with van der Waals surface area (Å²) in [4.78, 5) is 0. The summed E-state index contributed by atoms with van der Waals surface area (Å²) in [7, 11) is 0. The van der Waals surface area contributed by atoms with E-state index in [4.69, 9.17) is 11.2 Å². The van der Waals surface area contributed by atoms with E-state index in [-0.39, 0.29) is 0 Å². The van der Waals surface area contributed by atoms with Gasteiger partial charge < -0.3 is 9.83 Å². The first-order valence-corrected chi connectivity index (χ1v) is 11.0. The molecule has 1 aromatic heterocycles. The highest BCUT2D eigenvalue weighted by Crippen LogP contribution is 2.36. The standard InChI is InChI=1S/C29H27NO/c1-20(25-10-6-11-27-26-9-4-5-12-28(26)31-29(25)27)19-24(17-18-30)23-15-13-22(14-16-23)21-7-2-3-8-21/h4-6,9-19,21,30H,2-3,7-8H2,1H3/b20-19+,24-17+,30-18?/i21D. The largest absolute Gasteiger partial charge is 0.455 e. The van der Waals surface area contributed by atoms with Gasteiger partial charge in [0.1, 0.15) is 11.2 Å². The molecular weight excluding hydrogens is 378 g/mol. The molecule has 1 N–H and O–H groups in total. The average Bonchev–Trinajstić information content (AvgIpc) is 3.43. The van der Waals surface area contributed by atoms with Crippen molar-refractivity contribution in [3.63, 3.8) is 0 Å². The predicted octanol–water partition coefficient (Wildman–Crippen LogP) is 8.38. The summed E-state index contributed by atoms with van der Waals surface area (Å²) >= 11 is 0. The second-order valence-electron chi connectivity index (χ2n) is 8.28. The Morgan fingerprint density at radius 2 is 1.71 bits per heavy atom. The predicted molar refractivity (Wildman–Crippen MR) is 132 cm³/mol. The van der Waals surface area contributed by atoms with Crippen molar-refractivity contribution in [2.45, 2.75) is 38.5 Å². The molecule has 1 aliphatic carbocycles. The van der Waals surface area contributed by atoms with Crippen molar-refractivity contribution in [2.75, 3.05) is 0 Å². The van der Waals surface area contributed by atoms with Crippen molar-refractivity contribution >= 4 is 39.3 Å². The zero-order chi connectivity index (χ0) is 22.1. The minimum absolute atomic E-state index is 0.438. The summed E-state index contributed by atoms with van der Waals surface area (Å²) < 4.78 is 15.0. The first-order chi connectivity index (χ1) is 15.6. The number of benzene rings is 3. The van der Waals surface area contributed by atoms with E-state index in [1.54, 1.807) is 0 Å². The van der Waals surface area contributed by atoms with Gasteiger partial charge in [0.2, 0.25) is 0 Å². The molecule has 2 heteroatoms. The molecule has 1 heterocycles. The minimum Gasteiger partial charge on any atom is -0.455 e. The lowest BCUT2D eigenvalue weighted by Crippen LogP contribution is -1.93. The van der Waals surface area contributed by atoms with Crippen LogP contribution in [0.2, 0.25) is 0 Å². The Bertz CT molecular complexity index is 1350. The number of fused-ring (bicyclic) bond motifs is 3. The van der Waals surface area contributed by atoms with E-state index >= 15 is 0 Å². The Balaban J connectivity index is 1.53. The quantitative estimate of drug-likeness (QED) is 0.262. The topological polar surface area (TPSA) is 37.0 Å². The van der Waals surface area contributed by atoms with Crippen LogP contribution in [0.3, 0.4) is 0 Å². The first-order valence-electron chi connectivity index (χ1n) is 11.5. The Morgan fingerprint density at radius 3 is 2.48 bits per heavy atom. The van der Waals surface area contributed by atoms with Crippen molar-refractivity contribution in [3.8, 4) is 0 Å². The molecule has 0 spiro atoms. The van der Waals surface area contributed by atoms with Gasteiger partial charge in [0, 0.05) is 23.9 Å². The lowest BCUT2D eigenvalue weighted by atomic mass is 9.94. The van der Waals surface area contributed by atoms with Crippen LogP contribution in [0, 0.1) is 5.41 Å². The van der Waals surface area contributed by atoms with Crippen molar-refractivity contribution in [1.82, 2.24) is 0 Å². The van der Waals surface area contributed by atoms with Crippen LogP contribution in [0.15, 0.2) is 83.3 Å². The van der Waals surface area contributed by atoms with E-state index in [2.05, 4.69) is 61.5 Å². The molecule has 1 saturated carbocycles. The van der Waals surface area contributed by atoms with E-state index in [0.717, 1.165) is 75.5 Å². The normalized spacial score (nSPS) is 17.3. The van der Waals surface area contributed by atoms with Gasteiger partial charge in [-0.2, -0.15) is 0 Å². The second kappa shape index (κ2) is 8.39. The third-order valence-corrected chi connectivity index (χ3v) is 6.30. The van der Waals surface area contributed by atoms with E-state index in [1.165, 1.54) is 6.21 Å². The van der Waals surface area contributed by atoms with E-state index in [0.29, 0.717) is 0 Å². The van der Waals surface area contributed by atoms with Crippen LogP contribution in [0.1, 0.15) is 56.6 Å². The zero-order valence-corrected chi connectivity index (χ0v) is 17.8. The number of allylic oxidation sites excluding steroid dienone is 4. The van der Waals surface area contributed by atoms with Crippen LogP contribution in [0.25, 0.3) is 33.1 Å². The third-order valence-electron chi connectivity index (χ3n) is 6.30. The summed E-state index contributed by atoms with van der Waals surface area (Å²) in [5.41, 5.74) is 7.05. The summed E-state index contributed by atoms with van der Waals surface area (Å²) in [5.74, 6) is -0.438. The second-order valence-corrected chi connectivity index (χ2v) is 8.28. The van der Waals surface area contributed by atoms with Crippen LogP contribution in [-0.2, 0) is 0 Å². The number of rotatable bonds is 5. The summed E-state index contributed by atoms with van der Waals surface area (Å²) in [6.07, 6.45) is 9.43. The van der Waals surface area contributed by atoms with Crippen LogP contribution in [0.5, 0.6) is 0 Å². The summed E-state index contributed by atoms with van der Waals surface area (Å²) in [6.45, 7) is 2.09. The fourth-order valence-electron chi connectivity index (χ4n) is 4.67. The highest BCUT2D eigenvalue weighted by molar-refractivity contribution is 6.08. The number of hydrogen-bond acceptors (Lipinski definition) is 2. The first kappa shape index (κ1) is 18.4. The van der Waals surface area contributed by atoms with E-state index < -0.39 is 5.89 Å². The molecular formula is C29H27NO. The maximum atomic E-state index is 8.76. The lowest BCUT2D eigenvalue weighted by Gasteiger charge is -2.11. The highest BCUT2D eigenvalue weighted by Gasteiger charge is 2.17. The van der Waals surface area contributed by atoms with Crippen LogP contribution in [-0.4, -0.2) is 6.21 Å². The smallest absolute Gasteiger partial charge is 0.142 e. The number of hydrogen-bond donors (Lipinski definition) is 1. The van der Waals surface area contributed by atoms with Crippen molar-refractivity contribution in [1.29, 1.82) is 5.41 Å². The van der Waals surface area contributed by atoms with Gasteiger partial charge in [-0.15, -0.1) is 0 Å². The zero-order valence-electron chi connectivity index (χ0n) is 18.8. The van der Waals surface area contributed by atoms with Gasteiger partial charge in [-0.25, -0.2) is 0 Å².